The Morgan fingerprint density at radius 1 is 0.463 bits per heavy atom. The number of allylic oxidation sites excluding steroid dienone is 2. The van der Waals surface area contributed by atoms with Gasteiger partial charge >= 0.3 is 19.8 Å². The molecule has 0 amide bonds. The molecule has 0 aliphatic rings. The summed E-state index contributed by atoms with van der Waals surface area (Å²) in [6.07, 6.45) is 46.5. The minimum Gasteiger partial charge on any atom is -0.462 e. The van der Waals surface area contributed by atoms with Crippen molar-refractivity contribution in [2.75, 3.05) is 13.2 Å². The lowest BCUT2D eigenvalue weighted by molar-refractivity contribution is -0.161. The Bertz CT molecular complexity index is 889. The highest BCUT2D eigenvalue weighted by molar-refractivity contribution is 7.46. The summed E-state index contributed by atoms with van der Waals surface area (Å²) in [6, 6.07) is 0. The van der Waals surface area contributed by atoms with E-state index in [0.29, 0.717) is 6.42 Å². The first-order chi connectivity index (χ1) is 26.3. The van der Waals surface area contributed by atoms with E-state index < -0.39 is 32.5 Å². The standard InChI is InChI=1S/C45H87O8P/c1-3-5-7-9-11-13-15-17-19-21-22-24-26-28-30-32-34-36-38-40-45(47)53-43(42-52-54(48,49)50)41-51-44(46)39-37-35-33-31-29-27-25-23-20-18-16-14-12-10-8-6-4-2/h18,20,43H,3-17,19,21-42H2,1-2H3,(H2,48,49,50)/b20-18-/t43-/m1/s1. The molecule has 8 nitrogen and oxygen atoms in total. The summed E-state index contributed by atoms with van der Waals surface area (Å²) in [4.78, 5) is 42.9. The first kappa shape index (κ1) is 52.8. The molecule has 0 saturated carbocycles. The molecule has 0 bridgehead atoms. The van der Waals surface area contributed by atoms with Crippen LogP contribution >= 0.6 is 7.82 Å². The zero-order valence-electron chi connectivity index (χ0n) is 35.4. The van der Waals surface area contributed by atoms with Crippen LogP contribution < -0.4 is 0 Å². The number of carbonyl (C=O) groups is 2. The molecule has 54 heavy (non-hydrogen) atoms. The minimum absolute atomic E-state index is 0.217. The molecule has 1 atom stereocenters. The average Bonchev–Trinajstić information content (AvgIpc) is 3.14. The summed E-state index contributed by atoms with van der Waals surface area (Å²) in [5, 5.41) is 0. The average molecular weight is 787 g/mol. The fourth-order valence-electron chi connectivity index (χ4n) is 6.84. The zero-order valence-corrected chi connectivity index (χ0v) is 36.3. The molecule has 0 aliphatic heterocycles. The molecule has 0 aromatic carbocycles. The molecule has 0 heterocycles. The highest BCUT2D eigenvalue weighted by Gasteiger charge is 2.23. The molecular weight excluding hydrogens is 699 g/mol. The van der Waals surface area contributed by atoms with E-state index in [0.717, 1.165) is 44.9 Å². The molecule has 9 heteroatoms. The summed E-state index contributed by atoms with van der Waals surface area (Å²) >= 11 is 0. The predicted molar refractivity (Wildman–Crippen MR) is 226 cm³/mol. The lowest BCUT2D eigenvalue weighted by Gasteiger charge is -2.18. The van der Waals surface area contributed by atoms with E-state index in [1.54, 1.807) is 0 Å². The van der Waals surface area contributed by atoms with Crippen LogP contribution in [0.1, 0.15) is 245 Å². The van der Waals surface area contributed by atoms with Crippen LogP contribution in [-0.2, 0) is 28.2 Å². The van der Waals surface area contributed by atoms with Gasteiger partial charge in [-0.3, -0.25) is 14.1 Å². The van der Waals surface area contributed by atoms with Crippen molar-refractivity contribution in [1.29, 1.82) is 0 Å². The lowest BCUT2D eigenvalue weighted by Crippen LogP contribution is -2.29. The van der Waals surface area contributed by atoms with E-state index in [4.69, 9.17) is 19.3 Å². The quantitative estimate of drug-likeness (QED) is 0.0271. The molecule has 320 valence electrons. The molecule has 2 N–H and O–H groups in total. The molecule has 0 aliphatic carbocycles. The third-order valence-electron chi connectivity index (χ3n) is 10.3. The topological polar surface area (TPSA) is 119 Å². The summed E-state index contributed by atoms with van der Waals surface area (Å²) in [7, 11) is -4.75. The van der Waals surface area contributed by atoms with Gasteiger partial charge in [0.05, 0.1) is 6.61 Å². The summed E-state index contributed by atoms with van der Waals surface area (Å²) < 4.78 is 26.5. The number of phosphoric acid groups is 1. The normalized spacial score (nSPS) is 12.4. The van der Waals surface area contributed by atoms with Gasteiger partial charge < -0.3 is 19.3 Å². The van der Waals surface area contributed by atoms with Crippen molar-refractivity contribution in [3.05, 3.63) is 12.2 Å². The maximum Gasteiger partial charge on any atom is 0.469 e. The third-order valence-corrected chi connectivity index (χ3v) is 10.8. The molecule has 0 spiro atoms. The smallest absolute Gasteiger partial charge is 0.462 e. The Kier molecular flexibility index (Phi) is 40.5. The maximum absolute atomic E-state index is 12.4. The Labute approximate surface area is 333 Å². The summed E-state index contributed by atoms with van der Waals surface area (Å²) in [6.45, 7) is 3.72. The predicted octanol–water partition coefficient (Wildman–Crippen LogP) is 14.2. The second-order valence-electron chi connectivity index (χ2n) is 15.7. The first-order valence-corrected chi connectivity index (χ1v) is 24.5. The van der Waals surface area contributed by atoms with Crippen molar-refractivity contribution in [3.8, 4) is 0 Å². The fourth-order valence-corrected chi connectivity index (χ4v) is 7.20. The van der Waals surface area contributed by atoms with Gasteiger partial charge in [0.1, 0.15) is 6.61 Å². The molecule has 0 rings (SSSR count). The van der Waals surface area contributed by atoms with E-state index in [1.165, 1.54) is 167 Å². The van der Waals surface area contributed by atoms with Crippen molar-refractivity contribution in [1.82, 2.24) is 0 Å². The van der Waals surface area contributed by atoms with Gasteiger partial charge in [-0.2, -0.15) is 0 Å². The zero-order chi connectivity index (χ0) is 39.6. The van der Waals surface area contributed by atoms with Crippen LogP contribution in [-0.4, -0.2) is 41.0 Å². The molecule has 0 radical (unpaired) electrons. The summed E-state index contributed by atoms with van der Waals surface area (Å²) in [5.41, 5.74) is 0. The Morgan fingerprint density at radius 2 is 0.778 bits per heavy atom. The van der Waals surface area contributed by atoms with E-state index in [-0.39, 0.29) is 19.4 Å². The van der Waals surface area contributed by atoms with Crippen molar-refractivity contribution in [2.24, 2.45) is 0 Å². The SMILES string of the molecule is CCCCCCCC/C=C\CCCCCCCCCC(=O)OC[C@H](COP(=O)(O)O)OC(=O)CCCCCCCCCCCCCCCCCCCCC. The Balaban J connectivity index is 3.84. The molecular formula is C45H87O8P. The molecule has 0 unspecified atom stereocenters. The van der Waals surface area contributed by atoms with Crippen LogP contribution in [0.15, 0.2) is 12.2 Å². The number of hydrogen-bond donors (Lipinski definition) is 2. The molecule has 0 fully saturated rings. The van der Waals surface area contributed by atoms with Gasteiger partial charge in [0, 0.05) is 12.8 Å². The monoisotopic (exact) mass is 787 g/mol. The van der Waals surface area contributed by atoms with E-state index >= 15 is 0 Å². The minimum atomic E-state index is -4.75. The van der Waals surface area contributed by atoms with Gasteiger partial charge in [-0.05, 0) is 38.5 Å². The van der Waals surface area contributed by atoms with Gasteiger partial charge in [0.25, 0.3) is 0 Å². The number of esters is 2. The lowest BCUT2D eigenvalue weighted by atomic mass is 10.0. The van der Waals surface area contributed by atoms with E-state index in [1.807, 2.05) is 0 Å². The maximum atomic E-state index is 12.4. The number of carbonyl (C=O) groups excluding carboxylic acids is 2. The van der Waals surface area contributed by atoms with Crippen LogP contribution in [0.3, 0.4) is 0 Å². The van der Waals surface area contributed by atoms with Gasteiger partial charge in [0.15, 0.2) is 6.10 Å². The number of hydrogen-bond acceptors (Lipinski definition) is 6. The number of ether oxygens (including phenoxy) is 2. The van der Waals surface area contributed by atoms with Crippen LogP contribution in [0.4, 0.5) is 0 Å². The van der Waals surface area contributed by atoms with Crippen LogP contribution in [0, 0.1) is 0 Å². The highest BCUT2D eigenvalue weighted by Crippen LogP contribution is 2.36. The van der Waals surface area contributed by atoms with Gasteiger partial charge in [-0.15, -0.1) is 0 Å². The number of phosphoric ester groups is 1. The third kappa shape index (κ3) is 43.5. The van der Waals surface area contributed by atoms with Crippen molar-refractivity contribution < 1.29 is 37.9 Å². The number of rotatable bonds is 43. The summed E-state index contributed by atoms with van der Waals surface area (Å²) in [5.74, 6) is -0.875. The van der Waals surface area contributed by atoms with Gasteiger partial charge in [-0.1, -0.05) is 206 Å². The van der Waals surface area contributed by atoms with Crippen LogP contribution in [0.25, 0.3) is 0 Å². The van der Waals surface area contributed by atoms with Crippen LogP contribution in [0.2, 0.25) is 0 Å². The van der Waals surface area contributed by atoms with Crippen LogP contribution in [0.5, 0.6) is 0 Å². The van der Waals surface area contributed by atoms with Gasteiger partial charge in [0.2, 0.25) is 0 Å². The Hall–Kier alpha value is -1.21. The van der Waals surface area contributed by atoms with Crippen molar-refractivity contribution in [3.63, 3.8) is 0 Å². The second-order valence-corrected chi connectivity index (χ2v) is 17.0. The molecule has 0 aromatic rings. The second kappa shape index (κ2) is 41.4. The largest absolute Gasteiger partial charge is 0.469 e. The molecule has 0 saturated heterocycles. The number of unbranched alkanes of at least 4 members (excludes halogenated alkanes) is 31. The van der Waals surface area contributed by atoms with Crippen molar-refractivity contribution in [2.45, 2.75) is 251 Å². The van der Waals surface area contributed by atoms with E-state index in [9.17, 15) is 14.2 Å². The first-order valence-electron chi connectivity index (χ1n) is 23.0. The Morgan fingerprint density at radius 3 is 1.13 bits per heavy atom. The van der Waals surface area contributed by atoms with Gasteiger partial charge in [-0.25, -0.2) is 4.57 Å². The van der Waals surface area contributed by atoms with E-state index in [2.05, 4.69) is 30.5 Å². The van der Waals surface area contributed by atoms with Crippen molar-refractivity contribution >= 4 is 19.8 Å². The molecule has 0 aromatic heterocycles. The highest BCUT2D eigenvalue weighted by atomic mass is 31.2. The fraction of sp³-hybridized carbons (Fsp3) is 0.911.